The molecular formula is C23H29N5O. The quantitative estimate of drug-likeness (QED) is 0.683. The molecule has 1 saturated heterocycles. The summed E-state index contributed by atoms with van der Waals surface area (Å²) in [5, 5.41) is 8.18. The molecule has 1 N–H and O–H groups in total. The highest BCUT2D eigenvalue weighted by atomic mass is 16.2. The highest BCUT2D eigenvalue weighted by Crippen LogP contribution is 2.25. The molecule has 1 atom stereocenters. The standard InChI is InChI=1S/C23H29N5O/c1-23(2,3)13-14-27-18(9-12-22(27)29)15-24-20-10-11-21-25-16-19(28(21)26-20)17-7-5-4-6-8-17/h4-8,10-11,16,18H,9,12-15H2,1-3H3,(H,24,26). The molecule has 0 spiro atoms. The number of benzene rings is 1. The fourth-order valence-electron chi connectivity index (χ4n) is 3.76. The summed E-state index contributed by atoms with van der Waals surface area (Å²) in [4.78, 5) is 18.8. The van der Waals surface area contributed by atoms with Crippen molar-refractivity contribution in [2.24, 2.45) is 5.41 Å². The van der Waals surface area contributed by atoms with Gasteiger partial charge in [-0.15, -0.1) is 5.10 Å². The molecule has 29 heavy (non-hydrogen) atoms. The zero-order valence-corrected chi connectivity index (χ0v) is 17.4. The van der Waals surface area contributed by atoms with E-state index < -0.39 is 0 Å². The lowest BCUT2D eigenvalue weighted by molar-refractivity contribution is -0.129. The summed E-state index contributed by atoms with van der Waals surface area (Å²) >= 11 is 0. The van der Waals surface area contributed by atoms with Crippen LogP contribution in [0.5, 0.6) is 0 Å². The van der Waals surface area contributed by atoms with Crippen molar-refractivity contribution in [1.82, 2.24) is 19.5 Å². The average Bonchev–Trinajstić information content (AvgIpc) is 3.27. The van der Waals surface area contributed by atoms with Crippen LogP contribution in [0.15, 0.2) is 48.7 Å². The third-order valence-corrected chi connectivity index (χ3v) is 5.51. The Morgan fingerprint density at radius 1 is 1.14 bits per heavy atom. The minimum Gasteiger partial charge on any atom is -0.367 e. The van der Waals surface area contributed by atoms with Gasteiger partial charge in [0.15, 0.2) is 5.65 Å². The van der Waals surface area contributed by atoms with Crippen molar-refractivity contribution in [1.29, 1.82) is 0 Å². The summed E-state index contributed by atoms with van der Waals surface area (Å²) in [6.45, 7) is 8.19. The predicted octanol–water partition coefficient (Wildman–Crippen LogP) is 4.24. The molecule has 0 bridgehead atoms. The fraction of sp³-hybridized carbons (Fsp3) is 0.435. The molecule has 0 aliphatic carbocycles. The van der Waals surface area contributed by atoms with Gasteiger partial charge in [-0.25, -0.2) is 9.50 Å². The van der Waals surface area contributed by atoms with Crippen LogP contribution in [0.3, 0.4) is 0 Å². The Hall–Kier alpha value is -2.89. The predicted molar refractivity (Wildman–Crippen MR) is 116 cm³/mol. The summed E-state index contributed by atoms with van der Waals surface area (Å²) in [6, 6.07) is 14.3. The number of nitrogens with zero attached hydrogens (tertiary/aromatic N) is 4. The summed E-state index contributed by atoms with van der Waals surface area (Å²) in [7, 11) is 0. The first-order valence-corrected chi connectivity index (χ1v) is 10.3. The highest BCUT2D eigenvalue weighted by molar-refractivity contribution is 5.78. The minimum absolute atomic E-state index is 0.221. The lowest BCUT2D eigenvalue weighted by Gasteiger charge is -2.28. The second kappa shape index (κ2) is 7.85. The van der Waals surface area contributed by atoms with Gasteiger partial charge in [0, 0.05) is 31.1 Å². The maximum atomic E-state index is 12.3. The number of imidazole rings is 1. The van der Waals surface area contributed by atoms with Crippen molar-refractivity contribution in [3.8, 4) is 11.3 Å². The molecule has 4 rings (SSSR count). The number of carbonyl (C=O) groups excluding carboxylic acids is 1. The van der Waals surface area contributed by atoms with E-state index in [1.54, 1.807) is 0 Å². The Kier molecular flexibility index (Phi) is 5.26. The van der Waals surface area contributed by atoms with Crippen LogP contribution in [0.2, 0.25) is 0 Å². The van der Waals surface area contributed by atoms with Crippen LogP contribution >= 0.6 is 0 Å². The lowest BCUT2D eigenvalue weighted by atomic mass is 9.92. The van der Waals surface area contributed by atoms with Gasteiger partial charge in [0.1, 0.15) is 5.82 Å². The van der Waals surface area contributed by atoms with Crippen molar-refractivity contribution in [3.05, 3.63) is 48.7 Å². The van der Waals surface area contributed by atoms with Gasteiger partial charge in [0.2, 0.25) is 5.91 Å². The molecule has 1 amide bonds. The van der Waals surface area contributed by atoms with Crippen molar-refractivity contribution >= 4 is 17.4 Å². The molecule has 0 radical (unpaired) electrons. The van der Waals surface area contributed by atoms with Crippen LogP contribution in [0, 0.1) is 5.41 Å². The number of amides is 1. The lowest BCUT2D eigenvalue weighted by Crippen LogP contribution is -2.39. The first kappa shape index (κ1) is 19.4. The van der Waals surface area contributed by atoms with E-state index in [1.807, 2.05) is 45.9 Å². The maximum absolute atomic E-state index is 12.3. The molecule has 1 fully saturated rings. The zero-order chi connectivity index (χ0) is 20.4. The van der Waals surface area contributed by atoms with Crippen LogP contribution < -0.4 is 5.32 Å². The van der Waals surface area contributed by atoms with Crippen molar-refractivity contribution in [2.45, 2.75) is 46.1 Å². The van der Waals surface area contributed by atoms with Crippen molar-refractivity contribution < 1.29 is 4.79 Å². The highest BCUT2D eigenvalue weighted by Gasteiger charge is 2.31. The summed E-state index contributed by atoms with van der Waals surface area (Å²) in [5.41, 5.74) is 3.09. The molecule has 1 aliphatic heterocycles. The van der Waals surface area contributed by atoms with Gasteiger partial charge in [-0.3, -0.25) is 4.79 Å². The zero-order valence-electron chi connectivity index (χ0n) is 17.4. The fourth-order valence-corrected chi connectivity index (χ4v) is 3.76. The molecule has 1 aromatic carbocycles. The Labute approximate surface area is 171 Å². The van der Waals surface area contributed by atoms with Gasteiger partial charge in [0.05, 0.1) is 11.9 Å². The second-order valence-electron chi connectivity index (χ2n) is 8.97. The molecule has 3 aromatic rings. The van der Waals surface area contributed by atoms with E-state index in [0.717, 1.165) is 42.1 Å². The number of anilines is 1. The number of hydrogen-bond acceptors (Lipinski definition) is 4. The van der Waals surface area contributed by atoms with Crippen LogP contribution in [-0.4, -0.2) is 44.5 Å². The van der Waals surface area contributed by atoms with Crippen LogP contribution in [0.1, 0.15) is 40.0 Å². The number of carbonyl (C=O) groups is 1. The average molecular weight is 392 g/mol. The Bertz CT molecular complexity index is 989. The maximum Gasteiger partial charge on any atom is 0.222 e. The third-order valence-electron chi connectivity index (χ3n) is 5.51. The number of hydrogen-bond donors (Lipinski definition) is 1. The Balaban J connectivity index is 1.47. The topological polar surface area (TPSA) is 62.5 Å². The van der Waals surface area contributed by atoms with E-state index in [9.17, 15) is 4.79 Å². The van der Waals surface area contributed by atoms with E-state index in [4.69, 9.17) is 5.10 Å². The first-order valence-electron chi connectivity index (χ1n) is 10.3. The largest absolute Gasteiger partial charge is 0.367 e. The smallest absolute Gasteiger partial charge is 0.222 e. The molecule has 6 nitrogen and oxygen atoms in total. The van der Waals surface area contributed by atoms with Gasteiger partial charge < -0.3 is 10.2 Å². The van der Waals surface area contributed by atoms with E-state index in [-0.39, 0.29) is 17.4 Å². The van der Waals surface area contributed by atoms with Crippen LogP contribution in [0.25, 0.3) is 16.9 Å². The molecular weight excluding hydrogens is 362 g/mol. The van der Waals surface area contributed by atoms with E-state index >= 15 is 0 Å². The van der Waals surface area contributed by atoms with Gasteiger partial charge >= 0.3 is 0 Å². The summed E-state index contributed by atoms with van der Waals surface area (Å²) in [5.74, 6) is 1.06. The molecule has 1 aliphatic rings. The van der Waals surface area contributed by atoms with Gasteiger partial charge in [-0.1, -0.05) is 51.1 Å². The first-order chi connectivity index (χ1) is 13.9. The van der Waals surface area contributed by atoms with Crippen molar-refractivity contribution in [2.75, 3.05) is 18.4 Å². The second-order valence-corrected chi connectivity index (χ2v) is 8.97. The molecule has 152 valence electrons. The number of nitrogens with one attached hydrogen (secondary N) is 1. The number of fused-ring (bicyclic) bond motifs is 1. The minimum atomic E-state index is 0.221. The number of likely N-dealkylation sites (tertiary alicyclic amines) is 1. The van der Waals surface area contributed by atoms with Crippen LogP contribution in [0.4, 0.5) is 5.82 Å². The van der Waals surface area contributed by atoms with Gasteiger partial charge in [0.25, 0.3) is 0 Å². The summed E-state index contributed by atoms with van der Waals surface area (Å²) < 4.78 is 1.87. The Morgan fingerprint density at radius 2 is 1.93 bits per heavy atom. The van der Waals surface area contributed by atoms with Gasteiger partial charge in [-0.05, 0) is 30.4 Å². The normalized spacial score (nSPS) is 17.3. The SMILES string of the molecule is CC(C)(C)CCN1C(=O)CCC1CNc1ccc2ncc(-c3ccccc3)n2n1. The van der Waals surface area contributed by atoms with Crippen molar-refractivity contribution in [3.63, 3.8) is 0 Å². The van der Waals surface area contributed by atoms with Gasteiger partial charge in [-0.2, -0.15) is 0 Å². The molecule has 2 aromatic heterocycles. The summed E-state index contributed by atoms with van der Waals surface area (Å²) in [6.07, 6.45) is 4.40. The van der Waals surface area contributed by atoms with E-state index in [0.29, 0.717) is 13.0 Å². The van der Waals surface area contributed by atoms with E-state index in [1.165, 1.54) is 0 Å². The van der Waals surface area contributed by atoms with E-state index in [2.05, 4.69) is 43.2 Å². The Morgan fingerprint density at radius 3 is 2.69 bits per heavy atom. The molecule has 1 unspecified atom stereocenters. The monoisotopic (exact) mass is 391 g/mol. The number of rotatable bonds is 6. The molecule has 6 heteroatoms. The van der Waals surface area contributed by atoms with Crippen LogP contribution in [-0.2, 0) is 4.79 Å². The number of aromatic nitrogens is 3. The molecule has 3 heterocycles. The molecule has 0 saturated carbocycles. The third kappa shape index (κ3) is 4.42.